The largest absolute Gasteiger partial charge is 0.599 e. The van der Waals surface area contributed by atoms with E-state index >= 15 is 0 Å². The first-order chi connectivity index (χ1) is 16.0. The average molecular weight is 446 g/mol. The topological polar surface area (TPSA) is 126 Å². The Balaban J connectivity index is 1.24. The lowest BCUT2D eigenvalue weighted by Gasteiger charge is -2.21. The molecule has 0 radical (unpaired) electrons. The van der Waals surface area contributed by atoms with E-state index in [1.165, 1.54) is 24.3 Å². The Labute approximate surface area is 189 Å². The van der Waals surface area contributed by atoms with Crippen molar-refractivity contribution in [2.24, 2.45) is 4.99 Å². The summed E-state index contributed by atoms with van der Waals surface area (Å²) >= 11 is 0. The summed E-state index contributed by atoms with van der Waals surface area (Å²) in [5.74, 6) is 0.109. The number of hydrogen-bond donors (Lipinski definition) is 1. The van der Waals surface area contributed by atoms with Gasteiger partial charge in [0.2, 0.25) is 0 Å². The van der Waals surface area contributed by atoms with Crippen molar-refractivity contribution in [1.29, 1.82) is 0 Å². The summed E-state index contributed by atoms with van der Waals surface area (Å²) in [6, 6.07) is 21.2. The molecular weight excluding hydrogens is 426 g/mol. The van der Waals surface area contributed by atoms with Crippen LogP contribution in [-0.2, 0) is 4.74 Å². The highest BCUT2D eigenvalue weighted by Crippen LogP contribution is 2.44. The van der Waals surface area contributed by atoms with Crippen LogP contribution >= 0.6 is 0 Å². The minimum absolute atomic E-state index is 0.0199. The summed E-state index contributed by atoms with van der Waals surface area (Å²) in [5.41, 5.74) is 4.40. The number of nitrogens with zero attached hydrogens (tertiary/aromatic N) is 2. The predicted molar refractivity (Wildman–Crippen MR) is 119 cm³/mol. The van der Waals surface area contributed by atoms with Crippen LogP contribution in [0.5, 0.6) is 5.75 Å². The van der Waals surface area contributed by atoms with Crippen molar-refractivity contribution in [2.45, 2.75) is 5.92 Å². The van der Waals surface area contributed by atoms with E-state index in [9.17, 15) is 20.0 Å². The number of fused-ring (bicyclic) bond motifs is 3. The molecule has 33 heavy (non-hydrogen) atoms. The molecule has 3 aromatic rings. The Bertz CT molecular complexity index is 1150. The number of nitro groups is 1. The van der Waals surface area contributed by atoms with Crippen LogP contribution in [-0.4, -0.2) is 36.8 Å². The van der Waals surface area contributed by atoms with Gasteiger partial charge < -0.3 is 19.9 Å². The van der Waals surface area contributed by atoms with E-state index in [4.69, 9.17) is 9.47 Å². The fourth-order valence-corrected chi connectivity index (χ4v) is 3.72. The van der Waals surface area contributed by atoms with Crippen LogP contribution in [0.25, 0.3) is 11.1 Å². The highest BCUT2D eigenvalue weighted by molar-refractivity contribution is 5.79. The van der Waals surface area contributed by atoms with Gasteiger partial charge in [0.15, 0.2) is 0 Å². The van der Waals surface area contributed by atoms with Crippen LogP contribution in [0.4, 0.5) is 10.5 Å². The number of nitro benzene ring substituents is 1. The summed E-state index contributed by atoms with van der Waals surface area (Å²) in [7, 11) is 0. The maximum absolute atomic E-state index is 12.1. The van der Waals surface area contributed by atoms with E-state index in [0.717, 1.165) is 22.3 Å². The molecule has 0 aliphatic heterocycles. The van der Waals surface area contributed by atoms with Gasteiger partial charge in [-0.2, -0.15) is 0 Å². The molecule has 0 spiro atoms. The van der Waals surface area contributed by atoms with Crippen LogP contribution in [0.2, 0.25) is 0 Å². The molecule has 0 aromatic heterocycles. The zero-order chi connectivity index (χ0) is 23.2. The van der Waals surface area contributed by atoms with Gasteiger partial charge >= 0.3 is 6.09 Å². The van der Waals surface area contributed by atoms with Gasteiger partial charge in [0.25, 0.3) is 5.69 Å². The van der Waals surface area contributed by atoms with Gasteiger partial charge in [-0.05, 0) is 34.4 Å². The molecule has 0 saturated carbocycles. The van der Waals surface area contributed by atoms with Crippen molar-refractivity contribution in [3.63, 3.8) is 0 Å². The summed E-state index contributed by atoms with van der Waals surface area (Å²) in [6.07, 6.45) is -1.46. The molecule has 1 aliphatic carbocycles. The molecular formula is C24H20N3O6-. The second kappa shape index (κ2) is 9.82. The second-order valence-electron chi connectivity index (χ2n) is 7.25. The van der Waals surface area contributed by atoms with E-state index in [1.54, 1.807) is 0 Å². The molecule has 1 amide bonds. The van der Waals surface area contributed by atoms with Crippen molar-refractivity contribution in [3.05, 3.63) is 94.0 Å². The monoisotopic (exact) mass is 446 g/mol. The third-order valence-corrected chi connectivity index (χ3v) is 5.22. The number of non-ortho nitro benzene ring substituents is 1. The van der Waals surface area contributed by atoms with Crippen molar-refractivity contribution >= 4 is 17.9 Å². The molecule has 9 heteroatoms. The lowest BCUT2D eigenvalue weighted by atomic mass is 9.98. The molecule has 4 rings (SSSR count). The molecule has 168 valence electrons. The number of hydrogen-bond acceptors (Lipinski definition) is 7. The van der Waals surface area contributed by atoms with E-state index in [1.807, 2.05) is 36.4 Å². The normalized spacial score (nSPS) is 12.5. The van der Waals surface area contributed by atoms with Gasteiger partial charge in [0.05, 0.1) is 11.5 Å². The van der Waals surface area contributed by atoms with Crippen molar-refractivity contribution in [3.8, 4) is 16.9 Å². The lowest BCUT2D eigenvalue weighted by Crippen LogP contribution is -2.30. The molecule has 1 aliphatic rings. The van der Waals surface area contributed by atoms with E-state index in [-0.39, 0.29) is 37.1 Å². The lowest BCUT2D eigenvalue weighted by molar-refractivity contribution is -0.384. The molecule has 3 aromatic carbocycles. The highest BCUT2D eigenvalue weighted by Gasteiger charge is 2.26. The maximum atomic E-state index is 12.1. The predicted octanol–water partition coefficient (Wildman–Crippen LogP) is 3.23. The fraction of sp³-hybridized carbons (Fsp3) is 0.167. The summed E-state index contributed by atoms with van der Waals surface area (Å²) in [5, 5.41) is 25.1. The first-order valence-electron chi connectivity index (χ1n) is 10.3. The standard InChI is InChI=1S/C24H21N3O6/c28-23(25-13-14-26-24(29)33-17-11-9-16(10-12-17)27(30)31)32-15-22-20-7-3-1-5-18(20)19-6-2-4-8-21(19)22/h1-12,22H,13-15H2,(H,25,28)(H,26,29)/p-1. The third-order valence-electron chi connectivity index (χ3n) is 5.22. The zero-order valence-electron chi connectivity index (χ0n) is 17.5. The first-order valence-corrected chi connectivity index (χ1v) is 10.3. The minimum atomic E-state index is -0.758. The summed E-state index contributed by atoms with van der Waals surface area (Å²) < 4.78 is 10.4. The number of carbonyl (C=O) groups excluding carboxylic acids is 1. The van der Waals surface area contributed by atoms with Gasteiger partial charge in [-0.15, -0.1) is 0 Å². The molecule has 0 fully saturated rings. The van der Waals surface area contributed by atoms with Crippen LogP contribution in [0.3, 0.4) is 0 Å². The fourth-order valence-electron chi connectivity index (χ4n) is 3.72. The Morgan fingerprint density at radius 1 is 0.970 bits per heavy atom. The van der Waals surface area contributed by atoms with Crippen molar-refractivity contribution < 1.29 is 24.3 Å². The first kappa shape index (κ1) is 21.8. The number of rotatable bonds is 7. The van der Waals surface area contributed by atoms with Crippen LogP contribution in [0.1, 0.15) is 17.0 Å². The number of benzene rings is 3. The number of ether oxygens (including phenoxy) is 2. The third kappa shape index (κ3) is 5.09. The Kier molecular flexibility index (Phi) is 6.49. The maximum Gasteiger partial charge on any atom is 0.412 e. The van der Waals surface area contributed by atoms with Crippen LogP contribution in [0, 0.1) is 10.1 Å². The number of amides is 1. The van der Waals surface area contributed by atoms with Gasteiger partial charge in [0, 0.05) is 31.2 Å². The van der Waals surface area contributed by atoms with Gasteiger partial charge in [-0.1, -0.05) is 48.5 Å². The molecule has 0 unspecified atom stereocenters. The molecule has 0 heterocycles. The zero-order valence-corrected chi connectivity index (χ0v) is 17.5. The molecule has 9 nitrogen and oxygen atoms in total. The van der Waals surface area contributed by atoms with Gasteiger partial charge in [0.1, 0.15) is 11.8 Å². The number of carbonyl (C=O) groups is 1. The quantitative estimate of drug-likeness (QED) is 0.195. The Morgan fingerprint density at radius 2 is 1.58 bits per heavy atom. The van der Waals surface area contributed by atoms with E-state index < -0.39 is 17.1 Å². The molecule has 0 bridgehead atoms. The highest BCUT2D eigenvalue weighted by atomic mass is 16.6. The van der Waals surface area contributed by atoms with Crippen molar-refractivity contribution in [2.75, 3.05) is 19.7 Å². The molecule has 0 saturated heterocycles. The molecule has 0 atom stereocenters. The van der Waals surface area contributed by atoms with Gasteiger partial charge in [-0.25, -0.2) is 4.79 Å². The molecule has 1 N–H and O–H groups in total. The van der Waals surface area contributed by atoms with E-state index in [2.05, 4.69) is 22.4 Å². The van der Waals surface area contributed by atoms with Crippen LogP contribution in [0.15, 0.2) is 77.8 Å². The number of aliphatic imine (C=N–C) groups is 1. The minimum Gasteiger partial charge on any atom is -0.599 e. The van der Waals surface area contributed by atoms with Gasteiger partial charge in [-0.3, -0.25) is 15.1 Å². The Hall–Kier alpha value is -4.40. The van der Waals surface area contributed by atoms with Crippen molar-refractivity contribution in [1.82, 2.24) is 5.32 Å². The number of nitrogens with one attached hydrogen (secondary N) is 1. The smallest absolute Gasteiger partial charge is 0.412 e. The Morgan fingerprint density at radius 3 is 2.18 bits per heavy atom. The summed E-state index contributed by atoms with van der Waals surface area (Å²) in [4.78, 5) is 25.7. The van der Waals surface area contributed by atoms with Crippen LogP contribution < -0.4 is 15.2 Å². The average Bonchev–Trinajstić information content (AvgIpc) is 3.14. The SMILES string of the molecule is O=C(NCCN=C([O-])OCC1c2ccccc2-c2ccccc21)Oc1ccc([N+](=O)[O-])cc1. The van der Waals surface area contributed by atoms with E-state index in [0.29, 0.717) is 0 Å². The summed E-state index contributed by atoms with van der Waals surface area (Å²) in [6.45, 7) is 0.258. The second-order valence-corrected chi connectivity index (χ2v) is 7.25.